The van der Waals surface area contributed by atoms with Gasteiger partial charge in [0.15, 0.2) is 11.0 Å². The molecule has 2 N–H and O–H groups in total. The third-order valence-electron chi connectivity index (χ3n) is 3.42. The van der Waals surface area contributed by atoms with E-state index in [0.717, 1.165) is 6.33 Å². The highest BCUT2D eigenvalue weighted by atomic mass is 35.5. The van der Waals surface area contributed by atoms with Gasteiger partial charge in [-0.25, -0.2) is 19.9 Å². The van der Waals surface area contributed by atoms with Crippen LogP contribution in [0, 0.1) is 10.1 Å². The Hall–Kier alpha value is -3.25. The lowest BCUT2D eigenvalue weighted by Gasteiger charge is -2.12. The molecule has 0 radical (unpaired) electrons. The van der Waals surface area contributed by atoms with Crippen LogP contribution in [0.1, 0.15) is 5.56 Å². The van der Waals surface area contributed by atoms with Crippen LogP contribution >= 0.6 is 23.2 Å². The number of rotatable bonds is 5. The van der Waals surface area contributed by atoms with E-state index in [1.807, 2.05) is 0 Å². The summed E-state index contributed by atoms with van der Waals surface area (Å²) in [6, 6.07) is 3.70. The highest BCUT2D eigenvalue weighted by Gasteiger charge is 2.32. The molecule has 3 heterocycles. The Morgan fingerprint density at radius 3 is 2.31 bits per heavy atom. The maximum atomic E-state index is 12.7. The van der Waals surface area contributed by atoms with E-state index in [1.165, 1.54) is 12.3 Å². The van der Waals surface area contributed by atoms with Crippen molar-refractivity contribution in [2.45, 2.75) is 6.18 Å². The van der Waals surface area contributed by atoms with Crippen LogP contribution in [-0.4, -0.2) is 24.9 Å². The molecule has 0 fully saturated rings. The maximum Gasteiger partial charge on any atom is 0.417 e. The second kappa shape index (κ2) is 8.01. The zero-order valence-corrected chi connectivity index (χ0v) is 15.4. The molecule has 3 aromatic heterocycles. The maximum absolute atomic E-state index is 12.7. The SMILES string of the molecule is O=[N+]([O-])c1c(Nc2cccnc2Cl)ncnc1Nc1ncc(C(F)(F)F)cc1Cl. The van der Waals surface area contributed by atoms with Crippen LogP contribution in [0.3, 0.4) is 0 Å². The third kappa shape index (κ3) is 4.60. The molecule has 29 heavy (non-hydrogen) atoms. The number of hydrogen-bond acceptors (Lipinski definition) is 8. The van der Waals surface area contributed by atoms with Crippen LogP contribution in [0.4, 0.5) is 42.0 Å². The summed E-state index contributed by atoms with van der Waals surface area (Å²) < 4.78 is 38.2. The Bertz CT molecular complexity index is 1080. The first kappa shape index (κ1) is 20.5. The molecular weight excluding hydrogens is 438 g/mol. The lowest BCUT2D eigenvalue weighted by atomic mass is 10.2. The van der Waals surface area contributed by atoms with Crippen molar-refractivity contribution in [1.29, 1.82) is 0 Å². The van der Waals surface area contributed by atoms with Gasteiger partial charge in [0.05, 0.1) is 21.2 Å². The molecule has 0 saturated carbocycles. The summed E-state index contributed by atoms with van der Waals surface area (Å²) in [5.41, 5.74) is -1.43. The monoisotopic (exact) mass is 445 g/mol. The summed E-state index contributed by atoms with van der Waals surface area (Å²) in [6.07, 6.45) is -1.68. The van der Waals surface area contributed by atoms with Crippen molar-refractivity contribution in [3.8, 4) is 0 Å². The molecule has 0 amide bonds. The topological polar surface area (TPSA) is 119 Å². The van der Waals surface area contributed by atoms with Gasteiger partial charge in [-0.3, -0.25) is 10.1 Å². The predicted molar refractivity (Wildman–Crippen MR) is 98.7 cm³/mol. The Morgan fingerprint density at radius 2 is 1.72 bits per heavy atom. The second-order valence-electron chi connectivity index (χ2n) is 5.32. The van der Waals surface area contributed by atoms with Gasteiger partial charge < -0.3 is 10.6 Å². The van der Waals surface area contributed by atoms with E-state index in [4.69, 9.17) is 23.2 Å². The van der Waals surface area contributed by atoms with E-state index in [-0.39, 0.29) is 28.3 Å². The van der Waals surface area contributed by atoms with E-state index in [0.29, 0.717) is 12.3 Å². The summed E-state index contributed by atoms with van der Waals surface area (Å²) >= 11 is 11.8. The number of pyridine rings is 2. The first-order chi connectivity index (χ1) is 13.7. The number of nitrogens with one attached hydrogen (secondary N) is 2. The average molecular weight is 446 g/mol. The molecule has 0 saturated heterocycles. The Morgan fingerprint density at radius 1 is 1.03 bits per heavy atom. The number of aromatic nitrogens is 4. The molecule has 14 heteroatoms. The molecule has 0 spiro atoms. The lowest BCUT2D eigenvalue weighted by Crippen LogP contribution is -2.08. The minimum absolute atomic E-state index is 0.0439. The summed E-state index contributed by atoms with van der Waals surface area (Å²) in [4.78, 5) is 25.8. The number of hydrogen-bond donors (Lipinski definition) is 2. The van der Waals surface area contributed by atoms with Crippen molar-refractivity contribution in [2.75, 3.05) is 10.6 Å². The minimum Gasteiger partial charge on any atom is -0.332 e. The standard InChI is InChI=1S/C15H8Cl2F3N7O2/c16-8-4-7(15(18,19)20)5-22-12(8)26-14-10(27(28)29)13(23-6-24-14)25-9-2-1-3-21-11(9)17/h1-6H,(H2,22,23,24,25,26). The van der Waals surface area contributed by atoms with Gasteiger partial charge >= 0.3 is 11.9 Å². The average Bonchev–Trinajstić information content (AvgIpc) is 2.64. The van der Waals surface area contributed by atoms with Crippen molar-refractivity contribution in [2.24, 2.45) is 0 Å². The van der Waals surface area contributed by atoms with Crippen LogP contribution in [0.25, 0.3) is 0 Å². The highest BCUT2D eigenvalue weighted by Crippen LogP contribution is 2.36. The van der Waals surface area contributed by atoms with Crippen LogP contribution in [0.15, 0.2) is 36.9 Å². The zero-order valence-electron chi connectivity index (χ0n) is 13.9. The Balaban J connectivity index is 1.98. The number of alkyl halides is 3. The second-order valence-corrected chi connectivity index (χ2v) is 6.09. The van der Waals surface area contributed by atoms with E-state index >= 15 is 0 Å². The van der Waals surface area contributed by atoms with Crippen LogP contribution in [0.5, 0.6) is 0 Å². The van der Waals surface area contributed by atoms with Gasteiger partial charge in [-0.15, -0.1) is 0 Å². The molecule has 0 aromatic carbocycles. The van der Waals surface area contributed by atoms with Gasteiger partial charge in [0.2, 0.25) is 11.6 Å². The van der Waals surface area contributed by atoms with Crippen molar-refractivity contribution < 1.29 is 18.1 Å². The van der Waals surface area contributed by atoms with E-state index in [9.17, 15) is 23.3 Å². The van der Waals surface area contributed by atoms with Gasteiger partial charge in [-0.1, -0.05) is 23.2 Å². The minimum atomic E-state index is -4.64. The quantitative estimate of drug-likeness (QED) is 0.320. The smallest absolute Gasteiger partial charge is 0.332 e. The van der Waals surface area contributed by atoms with Gasteiger partial charge in [0, 0.05) is 12.4 Å². The molecule has 0 unspecified atom stereocenters. The molecule has 0 bridgehead atoms. The van der Waals surface area contributed by atoms with Crippen molar-refractivity contribution in [1.82, 2.24) is 19.9 Å². The van der Waals surface area contributed by atoms with Gasteiger partial charge in [0.1, 0.15) is 6.33 Å². The van der Waals surface area contributed by atoms with Crippen molar-refractivity contribution in [3.05, 3.63) is 62.8 Å². The van der Waals surface area contributed by atoms with Gasteiger partial charge in [-0.2, -0.15) is 13.2 Å². The molecule has 0 atom stereocenters. The third-order valence-corrected chi connectivity index (χ3v) is 4.01. The molecule has 0 aliphatic heterocycles. The fourth-order valence-electron chi connectivity index (χ4n) is 2.14. The Kier molecular flexibility index (Phi) is 5.66. The van der Waals surface area contributed by atoms with E-state index in [2.05, 4.69) is 30.6 Å². The van der Waals surface area contributed by atoms with Crippen molar-refractivity contribution in [3.63, 3.8) is 0 Å². The first-order valence-corrected chi connectivity index (χ1v) is 8.29. The highest BCUT2D eigenvalue weighted by molar-refractivity contribution is 6.33. The van der Waals surface area contributed by atoms with E-state index in [1.54, 1.807) is 6.07 Å². The molecule has 150 valence electrons. The summed E-state index contributed by atoms with van der Waals surface area (Å²) in [5, 5.41) is 16.3. The first-order valence-electron chi connectivity index (χ1n) is 7.53. The Labute approximate surface area is 170 Å². The zero-order chi connectivity index (χ0) is 21.2. The van der Waals surface area contributed by atoms with Crippen molar-refractivity contribution >= 4 is 52.0 Å². The van der Waals surface area contributed by atoms with E-state index < -0.39 is 27.4 Å². The lowest BCUT2D eigenvalue weighted by molar-refractivity contribution is -0.383. The summed E-state index contributed by atoms with van der Waals surface area (Å²) in [5.74, 6) is -0.834. The molecule has 9 nitrogen and oxygen atoms in total. The van der Waals surface area contributed by atoms with Gasteiger partial charge in [-0.05, 0) is 18.2 Å². The molecule has 0 aliphatic rings. The molecular formula is C15H8Cl2F3N7O2. The summed E-state index contributed by atoms with van der Waals surface area (Å²) in [6.45, 7) is 0. The fraction of sp³-hybridized carbons (Fsp3) is 0.0667. The number of anilines is 4. The van der Waals surface area contributed by atoms with Crippen LogP contribution < -0.4 is 10.6 Å². The molecule has 3 aromatic rings. The number of halogens is 5. The largest absolute Gasteiger partial charge is 0.417 e. The predicted octanol–water partition coefficient (Wildman–Crippen LogP) is 4.99. The number of nitrogens with zero attached hydrogens (tertiary/aromatic N) is 5. The van der Waals surface area contributed by atoms with Crippen LogP contribution in [-0.2, 0) is 6.18 Å². The summed E-state index contributed by atoms with van der Waals surface area (Å²) in [7, 11) is 0. The fourth-order valence-corrected chi connectivity index (χ4v) is 2.52. The molecule has 0 aliphatic carbocycles. The number of nitro groups is 1. The molecule has 3 rings (SSSR count). The van der Waals surface area contributed by atoms with Crippen LogP contribution in [0.2, 0.25) is 10.2 Å². The normalized spacial score (nSPS) is 11.2. The van der Waals surface area contributed by atoms with Gasteiger partial charge in [0.25, 0.3) is 0 Å².